The second-order valence-corrected chi connectivity index (χ2v) is 3.22. The van der Waals surface area contributed by atoms with E-state index in [2.05, 4.69) is 35.9 Å². The van der Waals surface area contributed by atoms with Crippen LogP contribution in [-0.4, -0.2) is 19.9 Å². The number of halogens is 1. The molecule has 2 N–H and O–H groups in total. The monoisotopic (exact) mass is 251 g/mol. The van der Waals surface area contributed by atoms with Gasteiger partial charge in [0.05, 0.1) is 11.4 Å². The van der Waals surface area contributed by atoms with Crippen molar-refractivity contribution in [3.8, 4) is 11.4 Å². The van der Waals surface area contributed by atoms with Gasteiger partial charge in [-0.1, -0.05) is 0 Å². The predicted molar refractivity (Wildman–Crippen MR) is 55.2 cm³/mol. The highest BCUT2D eigenvalue weighted by Gasteiger charge is 2.02. The van der Waals surface area contributed by atoms with Crippen LogP contribution in [0.4, 0.5) is 5.95 Å². The van der Waals surface area contributed by atoms with E-state index >= 15 is 0 Å². The summed E-state index contributed by atoms with van der Waals surface area (Å²) < 4.78 is 0.521. The molecule has 0 saturated heterocycles. The summed E-state index contributed by atoms with van der Waals surface area (Å²) in [6.07, 6.45) is 3.23. The fraction of sp³-hybridized carbons (Fsp3) is 0. The maximum atomic E-state index is 5.46. The van der Waals surface area contributed by atoms with Crippen molar-refractivity contribution >= 4 is 21.9 Å². The van der Waals surface area contributed by atoms with Crippen molar-refractivity contribution in [2.24, 2.45) is 0 Å². The van der Waals surface area contributed by atoms with Gasteiger partial charge in [-0.2, -0.15) is 0 Å². The van der Waals surface area contributed by atoms with Gasteiger partial charge in [0.2, 0.25) is 5.95 Å². The minimum atomic E-state index is 0.234. The smallest absolute Gasteiger partial charge is 0.220 e. The lowest BCUT2D eigenvalue weighted by molar-refractivity contribution is 1.09. The fourth-order valence-electron chi connectivity index (χ4n) is 0.994. The zero-order valence-corrected chi connectivity index (χ0v) is 8.64. The van der Waals surface area contributed by atoms with Crippen LogP contribution in [0.2, 0.25) is 0 Å². The summed E-state index contributed by atoms with van der Waals surface area (Å²) in [5, 5.41) is 0. The molecule has 0 bridgehead atoms. The van der Waals surface area contributed by atoms with E-state index in [9.17, 15) is 0 Å². The Bertz CT molecular complexity index is 415. The van der Waals surface area contributed by atoms with E-state index in [1.807, 2.05) is 0 Å². The number of nitrogens with two attached hydrogens (primary N) is 1. The molecule has 0 aromatic carbocycles. The molecule has 2 aromatic rings. The van der Waals surface area contributed by atoms with E-state index in [0.717, 1.165) is 0 Å². The maximum absolute atomic E-state index is 5.46. The Morgan fingerprint density at radius 3 is 2.29 bits per heavy atom. The molecule has 2 heterocycles. The molecule has 0 saturated carbocycles. The minimum absolute atomic E-state index is 0.234. The third-order valence-electron chi connectivity index (χ3n) is 1.56. The van der Waals surface area contributed by atoms with Crippen LogP contribution in [0.5, 0.6) is 0 Å². The molecule has 0 radical (unpaired) electrons. The van der Waals surface area contributed by atoms with Crippen molar-refractivity contribution in [2.75, 3.05) is 5.73 Å². The predicted octanol–water partition coefficient (Wildman–Crippen LogP) is 1.28. The number of nitrogen functional groups attached to an aromatic ring is 1. The molecule has 2 aromatic heterocycles. The molecule has 0 amide bonds. The molecule has 2 rings (SSSR count). The van der Waals surface area contributed by atoms with Crippen molar-refractivity contribution in [1.82, 2.24) is 19.9 Å². The summed E-state index contributed by atoms with van der Waals surface area (Å²) in [7, 11) is 0. The molecule has 0 unspecified atom stereocenters. The Balaban J connectivity index is 2.49. The van der Waals surface area contributed by atoms with Gasteiger partial charge < -0.3 is 5.73 Å². The van der Waals surface area contributed by atoms with Crippen molar-refractivity contribution in [1.29, 1.82) is 0 Å². The lowest BCUT2D eigenvalue weighted by Gasteiger charge is -1.99. The highest BCUT2D eigenvalue weighted by molar-refractivity contribution is 9.10. The molecule has 0 aliphatic carbocycles. The lowest BCUT2D eigenvalue weighted by atomic mass is 10.3. The number of hydrogen-bond acceptors (Lipinski definition) is 5. The van der Waals surface area contributed by atoms with Crippen molar-refractivity contribution in [3.63, 3.8) is 0 Å². The summed E-state index contributed by atoms with van der Waals surface area (Å²) in [6.45, 7) is 0. The van der Waals surface area contributed by atoms with Gasteiger partial charge in [-0.3, -0.25) is 0 Å². The first-order chi connectivity index (χ1) is 6.75. The molecule has 70 valence electrons. The first-order valence-corrected chi connectivity index (χ1v) is 4.62. The maximum Gasteiger partial charge on any atom is 0.220 e. The minimum Gasteiger partial charge on any atom is -0.368 e. The van der Waals surface area contributed by atoms with Gasteiger partial charge in [0.1, 0.15) is 0 Å². The van der Waals surface area contributed by atoms with Gasteiger partial charge in [-0.25, -0.2) is 19.9 Å². The van der Waals surface area contributed by atoms with Crippen LogP contribution in [0.3, 0.4) is 0 Å². The number of nitrogens with zero attached hydrogens (tertiary/aromatic N) is 4. The van der Waals surface area contributed by atoms with Crippen molar-refractivity contribution < 1.29 is 0 Å². The third kappa shape index (κ3) is 1.85. The second-order valence-electron chi connectivity index (χ2n) is 2.51. The first kappa shape index (κ1) is 9.01. The molecule has 0 aliphatic rings. The topological polar surface area (TPSA) is 77.6 Å². The highest BCUT2D eigenvalue weighted by atomic mass is 79.9. The van der Waals surface area contributed by atoms with Crippen LogP contribution in [0.25, 0.3) is 11.4 Å². The fourth-order valence-corrected chi connectivity index (χ4v) is 1.30. The number of rotatable bonds is 1. The van der Waals surface area contributed by atoms with Crippen LogP contribution in [0, 0.1) is 0 Å². The van der Waals surface area contributed by atoms with Gasteiger partial charge in [-0.15, -0.1) is 0 Å². The lowest BCUT2D eigenvalue weighted by Crippen LogP contribution is -1.96. The molecule has 14 heavy (non-hydrogen) atoms. The highest BCUT2D eigenvalue weighted by Crippen LogP contribution is 2.15. The van der Waals surface area contributed by atoms with Crippen LogP contribution in [-0.2, 0) is 0 Å². The van der Waals surface area contributed by atoms with E-state index in [1.165, 1.54) is 0 Å². The van der Waals surface area contributed by atoms with E-state index in [1.54, 1.807) is 24.5 Å². The molecular weight excluding hydrogens is 246 g/mol. The van der Waals surface area contributed by atoms with E-state index in [4.69, 9.17) is 5.73 Å². The summed E-state index contributed by atoms with van der Waals surface area (Å²) in [5.41, 5.74) is 6.85. The normalized spacial score (nSPS) is 10.1. The van der Waals surface area contributed by atoms with Crippen molar-refractivity contribution in [2.45, 2.75) is 0 Å². The Morgan fingerprint density at radius 1 is 1.00 bits per heavy atom. The van der Waals surface area contributed by atoms with Crippen LogP contribution < -0.4 is 5.73 Å². The van der Waals surface area contributed by atoms with Gasteiger partial charge >= 0.3 is 0 Å². The van der Waals surface area contributed by atoms with E-state index < -0.39 is 0 Å². The standard InChI is InChI=1S/C8H6BrN5/c9-7-11-3-1-5(13-7)6-2-4-12-8(10)14-6/h1-4H,(H2,10,12,14). The Hall–Kier alpha value is -1.56. The third-order valence-corrected chi connectivity index (χ3v) is 1.94. The van der Waals surface area contributed by atoms with Gasteiger partial charge in [-0.05, 0) is 28.1 Å². The summed E-state index contributed by atoms with van der Waals surface area (Å²) in [4.78, 5) is 15.9. The number of aromatic nitrogens is 4. The van der Waals surface area contributed by atoms with E-state index in [0.29, 0.717) is 16.1 Å². The average molecular weight is 252 g/mol. The van der Waals surface area contributed by atoms with E-state index in [-0.39, 0.29) is 5.95 Å². The largest absolute Gasteiger partial charge is 0.368 e. The Kier molecular flexibility index (Phi) is 2.36. The second kappa shape index (κ2) is 3.67. The first-order valence-electron chi connectivity index (χ1n) is 3.83. The Labute approximate surface area is 88.6 Å². The zero-order chi connectivity index (χ0) is 9.97. The molecular formula is C8H6BrN5. The Morgan fingerprint density at radius 2 is 1.64 bits per heavy atom. The quantitative estimate of drug-likeness (QED) is 0.773. The molecule has 6 heteroatoms. The number of anilines is 1. The molecule has 0 atom stereocenters. The summed E-state index contributed by atoms with van der Waals surface area (Å²) in [6, 6.07) is 3.50. The summed E-state index contributed by atoms with van der Waals surface area (Å²) in [5.74, 6) is 0.234. The molecule has 0 spiro atoms. The van der Waals surface area contributed by atoms with Crippen molar-refractivity contribution in [3.05, 3.63) is 29.3 Å². The van der Waals surface area contributed by atoms with Gasteiger partial charge in [0.15, 0.2) is 4.73 Å². The van der Waals surface area contributed by atoms with Crippen LogP contribution in [0.1, 0.15) is 0 Å². The van der Waals surface area contributed by atoms with Crippen LogP contribution in [0.15, 0.2) is 29.3 Å². The van der Waals surface area contributed by atoms with Crippen LogP contribution >= 0.6 is 15.9 Å². The van der Waals surface area contributed by atoms with Gasteiger partial charge in [0.25, 0.3) is 0 Å². The SMILES string of the molecule is Nc1nccc(-c2ccnc(Br)n2)n1. The summed E-state index contributed by atoms with van der Waals surface area (Å²) >= 11 is 3.18. The zero-order valence-electron chi connectivity index (χ0n) is 7.05. The van der Waals surface area contributed by atoms with Gasteiger partial charge in [0, 0.05) is 12.4 Å². The average Bonchev–Trinajstić information content (AvgIpc) is 2.18. The molecule has 0 fully saturated rings. The molecule has 0 aliphatic heterocycles. The number of hydrogen-bond donors (Lipinski definition) is 1. The molecule has 5 nitrogen and oxygen atoms in total.